The van der Waals surface area contributed by atoms with Crippen molar-refractivity contribution >= 4 is 15.8 Å². The SMILES string of the molecule is COC(=O)C(CS(C)(=O)=O)C1CCOC1. The Balaban J connectivity index is 2.73. The fourth-order valence-corrected chi connectivity index (χ4v) is 2.80. The molecule has 0 aliphatic carbocycles. The van der Waals surface area contributed by atoms with Gasteiger partial charge in [0.1, 0.15) is 9.84 Å². The summed E-state index contributed by atoms with van der Waals surface area (Å²) < 4.78 is 32.1. The molecular weight excluding hydrogens is 220 g/mol. The van der Waals surface area contributed by atoms with Crippen LogP contribution in [0.15, 0.2) is 0 Å². The van der Waals surface area contributed by atoms with E-state index in [-0.39, 0.29) is 11.7 Å². The quantitative estimate of drug-likeness (QED) is 0.635. The molecule has 1 rings (SSSR count). The third-order valence-corrected chi connectivity index (χ3v) is 3.48. The largest absolute Gasteiger partial charge is 0.469 e. The molecule has 2 atom stereocenters. The predicted octanol–water partition coefficient (Wildman–Crippen LogP) is -0.143. The highest BCUT2D eigenvalue weighted by Crippen LogP contribution is 2.24. The van der Waals surface area contributed by atoms with Crippen molar-refractivity contribution in [3.8, 4) is 0 Å². The zero-order valence-corrected chi connectivity index (χ0v) is 9.75. The molecule has 0 aromatic rings. The summed E-state index contributed by atoms with van der Waals surface area (Å²) in [6.07, 6.45) is 1.84. The third kappa shape index (κ3) is 3.79. The van der Waals surface area contributed by atoms with Crippen molar-refractivity contribution in [1.29, 1.82) is 0 Å². The monoisotopic (exact) mass is 236 g/mol. The number of hydrogen-bond donors (Lipinski definition) is 0. The summed E-state index contributed by atoms with van der Waals surface area (Å²) in [5.41, 5.74) is 0. The second-order valence-electron chi connectivity index (χ2n) is 3.85. The van der Waals surface area contributed by atoms with Crippen molar-refractivity contribution in [2.45, 2.75) is 6.42 Å². The number of hydrogen-bond acceptors (Lipinski definition) is 5. The third-order valence-electron chi connectivity index (χ3n) is 2.52. The summed E-state index contributed by atoms with van der Waals surface area (Å²) in [6, 6.07) is 0. The normalized spacial score (nSPS) is 23.7. The lowest BCUT2D eigenvalue weighted by Crippen LogP contribution is -2.31. The fraction of sp³-hybridized carbons (Fsp3) is 0.889. The lowest BCUT2D eigenvalue weighted by molar-refractivity contribution is -0.146. The molecule has 0 radical (unpaired) electrons. The van der Waals surface area contributed by atoms with Gasteiger partial charge in [-0.25, -0.2) is 8.42 Å². The molecule has 5 nitrogen and oxygen atoms in total. The molecule has 0 aromatic carbocycles. The van der Waals surface area contributed by atoms with E-state index in [1.54, 1.807) is 0 Å². The van der Waals surface area contributed by atoms with Crippen LogP contribution in [0.2, 0.25) is 0 Å². The fourth-order valence-electron chi connectivity index (χ4n) is 1.74. The van der Waals surface area contributed by atoms with Crippen molar-refractivity contribution in [3.05, 3.63) is 0 Å². The Hall–Kier alpha value is -0.620. The van der Waals surface area contributed by atoms with Crippen LogP contribution in [0.5, 0.6) is 0 Å². The van der Waals surface area contributed by atoms with E-state index in [0.29, 0.717) is 13.2 Å². The maximum Gasteiger partial charge on any atom is 0.310 e. The molecule has 1 saturated heterocycles. The Morgan fingerprint density at radius 1 is 1.60 bits per heavy atom. The van der Waals surface area contributed by atoms with Gasteiger partial charge in [0.15, 0.2) is 0 Å². The molecule has 0 bridgehead atoms. The first-order chi connectivity index (χ1) is 6.94. The maximum atomic E-state index is 11.4. The van der Waals surface area contributed by atoms with Gasteiger partial charge < -0.3 is 9.47 Å². The van der Waals surface area contributed by atoms with E-state index < -0.39 is 21.7 Å². The Bertz CT molecular complexity index is 315. The molecule has 0 saturated carbocycles. The van der Waals surface area contributed by atoms with Crippen LogP contribution in [0, 0.1) is 11.8 Å². The Kier molecular flexibility index (Phi) is 4.10. The van der Waals surface area contributed by atoms with Gasteiger partial charge in [0.2, 0.25) is 0 Å². The zero-order valence-electron chi connectivity index (χ0n) is 8.93. The molecule has 1 aliphatic rings. The van der Waals surface area contributed by atoms with Gasteiger partial charge in [-0.15, -0.1) is 0 Å². The molecule has 0 amide bonds. The van der Waals surface area contributed by atoms with E-state index in [4.69, 9.17) is 4.74 Å². The second-order valence-corrected chi connectivity index (χ2v) is 6.03. The van der Waals surface area contributed by atoms with Crippen LogP contribution < -0.4 is 0 Å². The van der Waals surface area contributed by atoms with Crippen LogP contribution >= 0.6 is 0 Å². The van der Waals surface area contributed by atoms with Crippen molar-refractivity contribution in [1.82, 2.24) is 0 Å². The van der Waals surface area contributed by atoms with Gasteiger partial charge in [-0.2, -0.15) is 0 Å². The Morgan fingerprint density at radius 3 is 2.67 bits per heavy atom. The van der Waals surface area contributed by atoms with Gasteiger partial charge in [-0.3, -0.25) is 4.79 Å². The summed E-state index contributed by atoms with van der Waals surface area (Å²) in [7, 11) is -1.90. The molecule has 15 heavy (non-hydrogen) atoms. The topological polar surface area (TPSA) is 69.7 Å². The van der Waals surface area contributed by atoms with Gasteiger partial charge >= 0.3 is 5.97 Å². The highest BCUT2D eigenvalue weighted by Gasteiger charge is 2.34. The van der Waals surface area contributed by atoms with Crippen LogP contribution in [0.4, 0.5) is 0 Å². The second kappa shape index (κ2) is 4.94. The van der Waals surface area contributed by atoms with Gasteiger partial charge in [0.25, 0.3) is 0 Å². The van der Waals surface area contributed by atoms with E-state index in [0.717, 1.165) is 12.7 Å². The maximum absolute atomic E-state index is 11.4. The first-order valence-electron chi connectivity index (χ1n) is 4.77. The molecule has 6 heteroatoms. The van der Waals surface area contributed by atoms with E-state index >= 15 is 0 Å². The lowest BCUT2D eigenvalue weighted by Gasteiger charge is -2.18. The van der Waals surface area contributed by atoms with Gasteiger partial charge in [0, 0.05) is 12.9 Å². The Labute approximate surface area is 89.7 Å². The summed E-state index contributed by atoms with van der Waals surface area (Å²) in [5, 5.41) is 0. The van der Waals surface area contributed by atoms with Crippen molar-refractivity contribution < 1.29 is 22.7 Å². The molecule has 0 aromatic heterocycles. The minimum absolute atomic E-state index is 0.0350. The van der Waals surface area contributed by atoms with E-state index in [1.165, 1.54) is 7.11 Å². The van der Waals surface area contributed by atoms with Crippen LogP contribution in [0.25, 0.3) is 0 Å². The number of esters is 1. The van der Waals surface area contributed by atoms with Crippen molar-refractivity contribution in [2.75, 3.05) is 32.3 Å². The summed E-state index contributed by atoms with van der Waals surface area (Å²) >= 11 is 0. The smallest absolute Gasteiger partial charge is 0.310 e. The van der Waals surface area contributed by atoms with Crippen LogP contribution in [0.1, 0.15) is 6.42 Å². The Morgan fingerprint density at radius 2 is 2.27 bits per heavy atom. The summed E-state index contributed by atoms with van der Waals surface area (Å²) in [4.78, 5) is 11.4. The number of carbonyl (C=O) groups excluding carboxylic acids is 1. The average Bonchev–Trinajstić information content (AvgIpc) is 2.64. The first-order valence-corrected chi connectivity index (χ1v) is 6.83. The summed E-state index contributed by atoms with van der Waals surface area (Å²) in [6.45, 7) is 1.03. The van der Waals surface area contributed by atoms with E-state index in [1.807, 2.05) is 0 Å². The molecule has 1 heterocycles. The van der Waals surface area contributed by atoms with Gasteiger partial charge in [-0.05, 0) is 12.3 Å². The van der Waals surface area contributed by atoms with Gasteiger partial charge in [0.05, 0.1) is 25.4 Å². The van der Waals surface area contributed by atoms with Crippen molar-refractivity contribution in [2.24, 2.45) is 11.8 Å². The minimum atomic E-state index is -3.17. The van der Waals surface area contributed by atoms with E-state index in [9.17, 15) is 13.2 Å². The number of sulfone groups is 1. The lowest BCUT2D eigenvalue weighted by atomic mass is 9.93. The molecule has 88 valence electrons. The molecular formula is C9H16O5S. The molecule has 1 aliphatic heterocycles. The number of carbonyl (C=O) groups is 1. The number of ether oxygens (including phenoxy) is 2. The minimum Gasteiger partial charge on any atom is -0.469 e. The molecule has 0 spiro atoms. The highest BCUT2D eigenvalue weighted by molar-refractivity contribution is 7.90. The van der Waals surface area contributed by atoms with Crippen LogP contribution in [-0.4, -0.2) is 46.7 Å². The van der Waals surface area contributed by atoms with Crippen molar-refractivity contribution in [3.63, 3.8) is 0 Å². The molecule has 1 fully saturated rings. The highest BCUT2D eigenvalue weighted by atomic mass is 32.2. The van der Waals surface area contributed by atoms with Gasteiger partial charge in [-0.1, -0.05) is 0 Å². The number of methoxy groups -OCH3 is 1. The number of rotatable bonds is 4. The summed E-state index contributed by atoms with van der Waals surface area (Å²) in [5.74, 6) is -1.25. The average molecular weight is 236 g/mol. The zero-order chi connectivity index (χ0) is 11.5. The molecule has 0 N–H and O–H groups in total. The first kappa shape index (κ1) is 12.4. The van der Waals surface area contributed by atoms with E-state index in [2.05, 4.69) is 4.74 Å². The standard InChI is InChI=1S/C9H16O5S/c1-13-9(10)8(6-15(2,11)12)7-3-4-14-5-7/h7-8H,3-6H2,1-2H3. The molecule has 2 unspecified atom stereocenters. The predicted molar refractivity (Wildman–Crippen MR) is 54.1 cm³/mol. The van der Waals surface area contributed by atoms with Crippen LogP contribution in [0.3, 0.4) is 0 Å². The van der Waals surface area contributed by atoms with Crippen LogP contribution in [-0.2, 0) is 24.1 Å².